The lowest BCUT2D eigenvalue weighted by molar-refractivity contribution is -0.116. The van der Waals surface area contributed by atoms with Crippen LogP contribution in [0.4, 0.5) is 14.5 Å². The van der Waals surface area contributed by atoms with E-state index in [9.17, 15) is 23.2 Å². The van der Waals surface area contributed by atoms with E-state index in [4.69, 9.17) is 0 Å². The highest BCUT2D eigenvalue weighted by Crippen LogP contribution is 2.18. The van der Waals surface area contributed by atoms with Gasteiger partial charge >= 0.3 is 0 Å². The summed E-state index contributed by atoms with van der Waals surface area (Å²) in [6.45, 7) is 1.51. The van der Waals surface area contributed by atoms with Crippen molar-refractivity contribution in [3.05, 3.63) is 101 Å². The second-order valence-corrected chi connectivity index (χ2v) is 6.74. The second-order valence-electron chi connectivity index (χ2n) is 6.74. The third kappa shape index (κ3) is 5.19. The summed E-state index contributed by atoms with van der Waals surface area (Å²) >= 11 is 0. The minimum Gasteiger partial charge on any atom is -0.330 e. The zero-order chi connectivity index (χ0) is 22.4. The minimum atomic E-state index is -0.901. The van der Waals surface area contributed by atoms with Crippen LogP contribution in [0.25, 0.3) is 0 Å². The number of amides is 2. The third-order valence-electron chi connectivity index (χ3n) is 4.66. The van der Waals surface area contributed by atoms with Gasteiger partial charge in [0.2, 0.25) is 5.91 Å². The Balaban J connectivity index is 1.69. The molecule has 0 spiro atoms. The molecule has 0 heterocycles. The third-order valence-corrected chi connectivity index (χ3v) is 4.66. The Morgan fingerprint density at radius 3 is 1.90 bits per heavy atom. The Bertz CT molecular complexity index is 1080. The van der Waals surface area contributed by atoms with E-state index < -0.39 is 29.1 Å². The molecule has 3 aromatic rings. The predicted octanol–water partition coefficient (Wildman–Crippen LogP) is 4.30. The van der Waals surface area contributed by atoms with E-state index in [0.717, 1.165) is 12.1 Å². The van der Waals surface area contributed by atoms with Crippen molar-refractivity contribution in [2.45, 2.75) is 6.92 Å². The van der Waals surface area contributed by atoms with E-state index in [-0.39, 0.29) is 24.4 Å². The molecule has 1 N–H and O–H groups in total. The summed E-state index contributed by atoms with van der Waals surface area (Å²) in [5.74, 6) is -3.14. The number of hydrogen-bond acceptors (Lipinski definition) is 3. The number of nitrogens with one attached hydrogen (secondary N) is 1. The molecule has 3 aromatic carbocycles. The largest absolute Gasteiger partial charge is 0.330 e. The van der Waals surface area contributed by atoms with Crippen LogP contribution in [-0.2, 0) is 4.79 Å². The summed E-state index contributed by atoms with van der Waals surface area (Å²) in [5, 5.41) is 2.16. The average Bonchev–Trinajstić information content (AvgIpc) is 2.79. The predicted molar refractivity (Wildman–Crippen MR) is 113 cm³/mol. The quantitative estimate of drug-likeness (QED) is 0.578. The number of benzene rings is 3. The van der Waals surface area contributed by atoms with Crippen LogP contribution in [0.1, 0.15) is 33.2 Å². The van der Waals surface area contributed by atoms with Crippen molar-refractivity contribution in [3.8, 4) is 0 Å². The maximum absolute atomic E-state index is 13.7. The smallest absolute Gasteiger partial charge is 0.254 e. The number of nitrogens with zero attached hydrogens (tertiary/aromatic N) is 1. The van der Waals surface area contributed by atoms with Crippen molar-refractivity contribution < 1.29 is 23.2 Å². The molecule has 2 amide bonds. The van der Waals surface area contributed by atoms with E-state index in [2.05, 4.69) is 5.32 Å². The fraction of sp³-hybridized carbons (Fsp3) is 0.125. The summed E-state index contributed by atoms with van der Waals surface area (Å²) in [4.78, 5) is 38.7. The first-order valence-electron chi connectivity index (χ1n) is 9.63. The molecule has 0 saturated carbocycles. The van der Waals surface area contributed by atoms with Gasteiger partial charge in [0.1, 0.15) is 23.9 Å². The van der Waals surface area contributed by atoms with Gasteiger partial charge in [-0.15, -0.1) is 0 Å². The number of rotatable bonds is 7. The van der Waals surface area contributed by atoms with Crippen LogP contribution in [0, 0.1) is 11.6 Å². The molecule has 0 aliphatic carbocycles. The average molecular weight is 422 g/mol. The van der Waals surface area contributed by atoms with Crippen LogP contribution < -0.4 is 5.32 Å². The van der Waals surface area contributed by atoms with Gasteiger partial charge in [-0.05, 0) is 31.2 Å². The van der Waals surface area contributed by atoms with E-state index in [1.807, 2.05) is 6.07 Å². The molecular formula is C24H20F2N2O3. The first kappa shape index (κ1) is 21.8. The minimum absolute atomic E-state index is 0.168. The van der Waals surface area contributed by atoms with Crippen molar-refractivity contribution in [2.24, 2.45) is 0 Å². The van der Waals surface area contributed by atoms with E-state index in [0.29, 0.717) is 11.1 Å². The first-order chi connectivity index (χ1) is 14.9. The number of likely N-dealkylation sites (N-methyl/N-ethyl adjacent to an activating group) is 1. The van der Waals surface area contributed by atoms with Gasteiger partial charge in [-0.3, -0.25) is 14.4 Å². The normalized spacial score (nSPS) is 10.4. The molecule has 158 valence electrons. The molecular weight excluding hydrogens is 402 g/mol. The Hall–Kier alpha value is -3.87. The van der Waals surface area contributed by atoms with Gasteiger partial charge in [0, 0.05) is 23.2 Å². The standard InChI is InChI=1S/C24H20F2N2O3/c1-2-28(15-21(29)27-22-19(25)9-6-10-20(22)26)24(31)18-13-11-17(12-14-18)23(30)16-7-4-3-5-8-16/h3-14H,2,15H2,1H3,(H,27,29). The second kappa shape index (κ2) is 9.75. The number of hydrogen-bond donors (Lipinski definition) is 1. The van der Waals surface area contributed by atoms with Crippen LogP contribution in [-0.4, -0.2) is 35.6 Å². The van der Waals surface area contributed by atoms with E-state index in [1.165, 1.54) is 23.1 Å². The molecule has 5 nitrogen and oxygen atoms in total. The van der Waals surface area contributed by atoms with Gasteiger partial charge in [-0.1, -0.05) is 48.5 Å². The van der Waals surface area contributed by atoms with Gasteiger partial charge < -0.3 is 10.2 Å². The van der Waals surface area contributed by atoms with Crippen molar-refractivity contribution in [1.29, 1.82) is 0 Å². The molecule has 0 aromatic heterocycles. The molecule has 0 aliphatic rings. The van der Waals surface area contributed by atoms with Crippen LogP contribution in [0.15, 0.2) is 72.8 Å². The number of anilines is 1. The molecule has 0 aliphatic heterocycles. The maximum atomic E-state index is 13.7. The highest BCUT2D eigenvalue weighted by Gasteiger charge is 2.20. The summed E-state index contributed by atoms with van der Waals surface area (Å²) in [6, 6.07) is 18.1. The van der Waals surface area contributed by atoms with Gasteiger partial charge in [-0.25, -0.2) is 8.78 Å². The Morgan fingerprint density at radius 2 is 1.32 bits per heavy atom. The summed E-state index contributed by atoms with van der Waals surface area (Å²) in [6.07, 6.45) is 0. The molecule has 0 bridgehead atoms. The Labute approximate surface area is 178 Å². The number of ketones is 1. The molecule has 0 unspecified atom stereocenters. The van der Waals surface area contributed by atoms with Crippen LogP contribution in [0.2, 0.25) is 0 Å². The Morgan fingerprint density at radius 1 is 0.774 bits per heavy atom. The van der Waals surface area contributed by atoms with Gasteiger partial charge in [-0.2, -0.15) is 0 Å². The monoisotopic (exact) mass is 422 g/mol. The zero-order valence-electron chi connectivity index (χ0n) is 16.8. The summed E-state index contributed by atoms with van der Waals surface area (Å²) < 4.78 is 27.4. The molecule has 0 saturated heterocycles. The van der Waals surface area contributed by atoms with Crippen LogP contribution in [0.3, 0.4) is 0 Å². The summed E-state index contributed by atoms with van der Waals surface area (Å²) in [5.41, 5.74) is 0.698. The Kier molecular flexibility index (Phi) is 6.87. The maximum Gasteiger partial charge on any atom is 0.254 e. The van der Waals surface area contributed by atoms with Gasteiger partial charge in [0.15, 0.2) is 5.78 Å². The first-order valence-corrected chi connectivity index (χ1v) is 9.63. The SMILES string of the molecule is CCN(CC(=O)Nc1c(F)cccc1F)C(=O)c1ccc(C(=O)c2ccccc2)cc1. The highest BCUT2D eigenvalue weighted by atomic mass is 19.1. The molecule has 3 rings (SSSR count). The molecule has 7 heteroatoms. The molecule has 0 radical (unpaired) electrons. The van der Waals surface area contributed by atoms with Crippen molar-refractivity contribution in [3.63, 3.8) is 0 Å². The zero-order valence-corrected chi connectivity index (χ0v) is 16.8. The van der Waals surface area contributed by atoms with Crippen molar-refractivity contribution >= 4 is 23.3 Å². The van der Waals surface area contributed by atoms with Crippen LogP contribution >= 0.6 is 0 Å². The number of para-hydroxylation sites is 1. The lowest BCUT2D eigenvalue weighted by atomic mass is 10.0. The summed E-state index contributed by atoms with van der Waals surface area (Å²) in [7, 11) is 0. The van der Waals surface area contributed by atoms with Crippen molar-refractivity contribution in [1.82, 2.24) is 4.90 Å². The molecule has 31 heavy (non-hydrogen) atoms. The lowest BCUT2D eigenvalue weighted by Gasteiger charge is -2.20. The number of carbonyl (C=O) groups is 3. The van der Waals surface area contributed by atoms with E-state index >= 15 is 0 Å². The van der Waals surface area contributed by atoms with Gasteiger partial charge in [0.25, 0.3) is 5.91 Å². The number of carbonyl (C=O) groups excluding carboxylic acids is 3. The van der Waals surface area contributed by atoms with Crippen LogP contribution in [0.5, 0.6) is 0 Å². The lowest BCUT2D eigenvalue weighted by Crippen LogP contribution is -2.38. The van der Waals surface area contributed by atoms with Gasteiger partial charge in [0.05, 0.1) is 0 Å². The molecule has 0 fully saturated rings. The van der Waals surface area contributed by atoms with E-state index in [1.54, 1.807) is 43.3 Å². The number of halogens is 2. The molecule has 0 atom stereocenters. The fourth-order valence-corrected chi connectivity index (χ4v) is 3.00. The van der Waals surface area contributed by atoms with Crippen molar-refractivity contribution in [2.75, 3.05) is 18.4 Å². The highest BCUT2D eigenvalue weighted by molar-refractivity contribution is 6.09. The fourth-order valence-electron chi connectivity index (χ4n) is 3.00. The topological polar surface area (TPSA) is 66.5 Å².